The quantitative estimate of drug-likeness (QED) is 0.671. The lowest BCUT2D eigenvalue weighted by molar-refractivity contribution is -0.151. The molecule has 1 fully saturated rings. The SMILES string of the molecule is N#Cc1c(NC(=O)COC(=O)C2CC(=O)N(c3ccc4c(c3)OCCO4)C2)sc2c1CCC2. The lowest BCUT2D eigenvalue weighted by atomic mass is 10.1. The Bertz CT molecular complexity index is 1180. The highest BCUT2D eigenvalue weighted by Crippen LogP contribution is 2.39. The number of esters is 1. The number of rotatable bonds is 5. The van der Waals surface area contributed by atoms with Crippen LogP contribution in [0.25, 0.3) is 0 Å². The van der Waals surface area contributed by atoms with Crippen LogP contribution in [0.15, 0.2) is 18.2 Å². The lowest BCUT2D eigenvalue weighted by Gasteiger charge is -2.22. The highest BCUT2D eigenvalue weighted by Gasteiger charge is 2.37. The van der Waals surface area contributed by atoms with Crippen LogP contribution in [0.3, 0.4) is 0 Å². The van der Waals surface area contributed by atoms with Crippen molar-refractivity contribution >= 4 is 39.8 Å². The summed E-state index contributed by atoms with van der Waals surface area (Å²) in [6, 6.07) is 7.37. The molecule has 1 saturated heterocycles. The summed E-state index contributed by atoms with van der Waals surface area (Å²) in [6.07, 6.45) is 2.78. The van der Waals surface area contributed by atoms with Gasteiger partial charge in [-0.15, -0.1) is 11.3 Å². The van der Waals surface area contributed by atoms with Gasteiger partial charge in [-0.05, 0) is 37.0 Å². The number of aryl methyl sites for hydroxylation is 1. The summed E-state index contributed by atoms with van der Waals surface area (Å²) in [5.74, 6) is -0.802. The van der Waals surface area contributed by atoms with E-state index in [2.05, 4.69) is 11.4 Å². The maximum atomic E-state index is 12.5. The van der Waals surface area contributed by atoms with E-state index in [0.717, 1.165) is 29.7 Å². The molecule has 9 nitrogen and oxygen atoms in total. The van der Waals surface area contributed by atoms with Gasteiger partial charge in [0.2, 0.25) is 5.91 Å². The molecule has 33 heavy (non-hydrogen) atoms. The van der Waals surface area contributed by atoms with Crippen molar-refractivity contribution in [2.75, 3.05) is 36.6 Å². The molecular formula is C23H21N3O6S. The fourth-order valence-corrected chi connectivity index (χ4v) is 5.60. The number of fused-ring (bicyclic) bond motifs is 2. The van der Waals surface area contributed by atoms with Gasteiger partial charge in [-0.2, -0.15) is 5.26 Å². The Balaban J connectivity index is 1.17. The molecule has 1 aromatic carbocycles. The van der Waals surface area contributed by atoms with E-state index in [4.69, 9.17) is 14.2 Å². The molecule has 1 aromatic heterocycles. The minimum absolute atomic E-state index is 0.00508. The summed E-state index contributed by atoms with van der Waals surface area (Å²) in [5.41, 5.74) is 2.13. The molecule has 1 aliphatic carbocycles. The van der Waals surface area contributed by atoms with Gasteiger partial charge in [0.05, 0.1) is 11.5 Å². The number of ether oxygens (including phenoxy) is 3. The largest absolute Gasteiger partial charge is 0.486 e. The van der Waals surface area contributed by atoms with E-state index in [1.54, 1.807) is 18.2 Å². The minimum atomic E-state index is -0.668. The first-order valence-electron chi connectivity index (χ1n) is 10.7. The van der Waals surface area contributed by atoms with Crippen LogP contribution in [0.2, 0.25) is 0 Å². The van der Waals surface area contributed by atoms with Crippen molar-refractivity contribution in [2.24, 2.45) is 5.92 Å². The van der Waals surface area contributed by atoms with Crippen LogP contribution < -0.4 is 19.7 Å². The Morgan fingerprint density at radius 3 is 2.88 bits per heavy atom. The third-order valence-corrected chi connectivity index (χ3v) is 7.13. The van der Waals surface area contributed by atoms with Gasteiger partial charge in [0.1, 0.15) is 24.3 Å². The van der Waals surface area contributed by atoms with E-state index in [1.165, 1.54) is 16.2 Å². The highest BCUT2D eigenvalue weighted by atomic mass is 32.1. The molecule has 0 radical (unpaired) electrons. The summed E-state index contributed by atoms with van der Waals surface area (Å²) in [5, 5.41) is 12.6. The second-order valence-electron chi connectivity index (χ2n) is 8.06. The van der Waals surface area contributed by atoms with Gasteiger partial charge in [0.25, 0.3) is 5.91 Å². The first-order valence-corrected chi connectivity index (χ1v) is 11.6. The second-order valence-corrected chi connectivity index (χ2v) is 9.17. The molecule has 0 bridgehead atoms. The molecule has 3 aliphatic rings. The summed E-state index contributed by atoms with van der Waals surface area (Å²) in [6.45, 7) is 0.602. The fraction of sp³-hybridized carbons (Fsp3) is 0.391. The number of thiophene rings is 1. The molecule has 5 rings (SSSR count). The lowest BCUT2D eigenvalue weighted by Crippen LogP contribution is -2.28. The van der Waals surface area contributed by atoms with Gasteiger partial charge in [0, 0.05) is 29.6 Å². The van der Waals surface area contributed by atoms with Crippen LogP contribution >= 0.6 is 11.3 Å². The van der Waals surface area contributed by atoms with Crippen LogP contribution in [-0.2, 0) is 32.0 Å². The molecule has 2 aromatic rings. The summed E-state index contributed by atoms with van der Waals surface area (Å²) in [7, 11) is 0. The van der Waals surface area contributed by atoms with Gasteiger partial charge < -0.3 is 24.4 Å². The van der Waals surface area contributed by atoms with Crippen LogP contribution in [0.1, 0.15) is 28.8 Å². The Morgan fingerprint density at radius 2 is 2.06 bits per heavy atom. The van der Waals surface area contributed by atoms with Gasteiger partial charge in [-0.3, -0.25) is 14.4 Å². The average molecular weight is 468 g/mol. The van der Waals surface area contributed by atoms with Crippen molar-refractivity contribution < 1.29 is 28.6 Å². The van der Waals surface area contributed by atoms with Crippen molar-refractivity contribution in [2.45, 2.75) is 25.7 Å². The molecule has 3 heterocycles. The summed E-state index contributed by atoms with van der Waals surface area (Å²) < 4.78 is 16.2. The Hall–Kier alpha value is -3.58. The monoisotopic (exact) mass is 467 g/mol. The van der Waals surface area contributed by atoms with E-state index >= 15 is 0 Å². The summed E-state index contributed by atoms with van der Waals surface area (Å²) >= 11 is 1.40. The molecule has 1 unspecified atom stereocenters. The Morgan fingerprint density at radius 1 is 1.24 bits per heavy atom. The van der Waals surface area contributed by atoms with Gasteiger partial charge >= 0.3 is 5.97 Å². The maximum Gasteiger partial charge on any atom is 0.311 e. The Kier molecular flexibility index (Phi) is 5.64. The maximum absolute atomic E-state index is 12.5. The van der Waals surface area contributed by atoms with Crippen molar-refractivity contribution in [3.63, 3.8) is 0 Å². The van der Waals surface area contributed by atoms with Crippen molar-refractivity contribution in [3.8, 4) is 17.6 Å². The molecule has 0 saturated carbocycles. The zero-order valence-electron chi connectivity index (χ0n) is 17.7. The molecular weight excluding hydrogens is 446 g/mol. The predicted molar refractivity (Wildman–Crippen MR) is 119 cm³/mol. The number of carbonyl (C=O) groups is 3. The van der Waals surface area contributed by atoms with Gasteiger partial charge in [0.15, 0.2) is 18.1 Å². The molecule has 2 amide bonds. The standard InChI is InChI=1S/C23H21N3O6S/c24-10-16-15-2-1-3-19(15)33-22(16)25-20(27)12-32-23(29)13-8-21(28)26(11-13)14-4-5-17-18(9-14)31-7-6-30-17/h4-5,9,13H,1-3,6-8,11-12H2,(H,25,27). The number of anilines is 2. The van der Waals surface area contributed by atoms with E-state index in [-0.39, 0.29) is 18.9 Å². The van der Waals surface area contributed by atoms with E-state index < -0.39 is 24.4 Å². The molecule has 10 heteroatoms. The van der Waals surface area contributed by atoms with Crippen LogP contribution in [0, 0.1) is 17.2 Å². The molecule has 1 N–H and O–H groups in total. The normalized spacial score (nSPS) is 18.6. The van der Waals surface area contributed by atoms with E-state index in [9.17, 15) is 19.6 Å². The molecule has 0 spiro atoms. The number of nitrogens with zero attached hydrogens (tertiary/aromatic N) is 2. The number of benzene rings is 1. The Labute approximate surface area is 193 Å². The smallest absolute Gasteiger partial charge is 0.311 e. The molecule has 170 valence electrons. The number of carbonyl (C=O) groups excluding carboxylic acids is 3. The minimum Gasteiger partial charge on any atom is -0.486 e. The highest BCUT2D eigenvalue weighted by molar-refractivity contribution is 7.16. The van der Waals surface area contributed by atoms with Crippen molar-refractivity contribution in [1.29, 1.82) is 5.26 Å². The predicted octanol–water partition coefficient (Wildman–Crippen LogP) is 2.41. The first kappa shape index (κ1) is 21.3. The topological polar surface area (TPSA) is 118 Å². The zero-order valence-corrected chi connectivity index (χ0v) is 18.5. The van der Waals surface area contributed by atoms with Crippen LogP contribution in [0.5, 0.6) is 11.5 Å². The van der Waals surface area contributed by atoms with E-state index in [0.29, 0.717) is 41.0 Å². The van der Waals surface area contributed by atoms with Gasteiger partial charge in [-0.1, -0.05) is 0 Å². The van der Waals surface area contributed by atoms with Crippen LogP contribution in [0.4, 0.5) is 10.7 Å². The first-order chi connectivity index (χ1) is 16.0. The van der Waals surface area contributed by atoms with Crippen LogP contribution in [-0.4, -0.2) is 44.1 Å². The summed E-state index contributed by atoms with van der Waals surface area (Å²) in [4.78, 5) is 40.0. The number of amides is 2. The third-order valence-electron chi connectivity index (χ3n) is 5.93. The zero-order chi connectivity index (χ0) is 22.9. The number of hydrogen-bond donors (Lipinski definition) is 1. The van der Waals surface area contributed by atoms with Gasteiger partial charge in [-0.25, -0.2) is 0 Å². The number of nitriles is 1. The average Bonchev–Trinajstić information content (AvgIpc) is 3.51. The van der Waals surface area contributed by atoms with Crippen molar-refractivity contribution in [1.82, 2.24) is 0 Å². The van der Waals surface area contributed by atoms with E-state index in [1.807, 2.05) is 0 Å². The third kappa shape index (κ3) is 4.12. The van der Waals surface area contributed by atoms with Crippen molar-refractivity contribution in [3.05, 3.63) is 34.2 Å². The molecule has 1 atom stereocenters. The second kappa shape index (κ2) is 8.75. The number of nitrogens with one attached hydrogen (secondary N) is 1. The molecule has 2 aliphatic heterocycles. The fourth-order valence-electron chi connectivity index (χ4n) is 4.34. The number of hydrogen-bond acceptors (Lipinski definition) is 8.